The molecule has 4 aromatic rings. The molecular formula is C23H21N3O4S. The molecule has 7 nitrogen and oxygen atoms in total. The van der Waals surface area contributed by atoms with Gasteiger partial charge in [0, 0.05) is 10.1 Å². The lowest BCUT2D eigenvalue weighted by Crippen LogP contribution is -2.35. The molecule has 31 heavy (non-hydrogen) atoms. The Morgan fingerprint density at radius 2 is 1.87 bits per heavy atom. The van der Waals surface area contributed by atoms with E-state index in [-0.39, 0.29) is 11.1 Å². The van der Waals surface area contributed by atoms with Crippen LogP contribution in [-0.4, -0.2) is 28.8 Å². The molecule has 8 heteroatoms. The average Bonchev–Trinajstić information content (AvgIpc) is 3.18. The largest absolute Gasteiger partial charge is 0.465 e. The number of nitrogens with one attached hydrogen (secondary N) is 1. The van der Waals surface area contributed by atoms with Crippen LogP contribution < -0.4 is 10.9 Å². The van der Waals surface area contributed by atoms with Gasteiger partial charge in [-0.1, -0.05) is 37.3 Å². The number of hydrogen-bond donors (Lipinski definition) is 1. The van der Waals surface area contributed by atoms with Gasteiger partial charge in [-0.25, -0.2) is 9.48 Å². The molecule has 158 valence electrons. The number of esters is 1. The minimum atomic E-state index is -0.833. The summed E-state index contributed by atoms with van der Waals surface area (Å²) in [7, 11) is 1.28. The van der Waals surface area contributed by atoms with Crippen LogP contribution in [0.5, 0.6) is 0 Å². The Morgan fingerprint density at radius 3 is 2.61 bits per heavy atom. The van der Waals surface area contributed by atoms with Crippen molar-refractivity contribution >= 4 is 49.1 Å². The third-order valence-electron chi connectivity index (χ3n) is 5.18. The predicted molar refractivity (Wildman–Crippen MR) is 122 cm³/mol. The van der Waals surface area contributed by atoms with Gasteiger partial charge < -0.3 is 10.1 Å². The first-order valence-corrected chi connectivity index (χ1v) is 10.7. The Labute approximate surface area is 182 Å². The summed E-state index contributed by atoms with van der Waals surface area (Å²) in [6.45, 7) is 3.65. The lowest BCUT2D eigenvalue weighted by molar-refractivity contribution is -0.119. The molecule has 0 radical (unpaired) electrons. The summed E-state index contributed by atoms with van der Waals surface area (Å²) < 4.78 is 7.87. The topological polar surface area (TPSA) is 90.3 Å². The third-order valence-corrected chi connectivity index (χ3v) is 6.46. The van der Waals surface area contributed by atoms with Crippen LogP contribution in [0.4, 0.5) is 5.69 Å². The van der Waals surface area contributed by atoms with Crippen LogP contribution in [0.3, 0.4) is 0 Å². The average molecular weight is 436 g/mol. The molecule has 2 aromatic carbocycles. The Hall–Kier alpha value is -3.52. The molecule has 1 N–H and O–H groups in total. The molecule has 0 aliphatic carbocycles. The lowest BCUT2D eigenvalue weighted by Gasteiger charge is -2.18. The van der Waals surface area contributed by atoms with E-state index < -0.39 is 17.9 Å². The number of methoxy groups -OCH3 is 1. The predicted octanol–water partition coefficient (Wildman–Crippen LogP) is 4.30. The number of aromatic nitrogens is 2. The highest BCUT2D eigenvalue weighted by molar-refractivity contribution is 7.26. The van der Waals surface area contributed by atoms with Gasteiger partial charge in [0.1, 0.15) is 6.04 Å². The van der Waals surface area contributed by atoms with Crippen LogP contribution in [0.25, 0.3) is 20.2 Å². The maximum atomic E-state index is 13.4. The van der Waals surface area contributed by atoms with Gasteiger partial charge in [-0.2, -0.15) is 5.10 Å². The maximum Gasteiger partial charge on any atom is 0.339 e. The smallest absolute Gasteiger partial charge is 0.339 e. The number of carbonyl (C=O) groups is 2. The Bertz CT molecular complexity index is 1370. The van der Waals surface area contributed by atoms with Gasteiger partial charge in [-0.15, -0.1) is 11.3 Å². The first kappa shape index (κ1) is 20.7. The summed E-state index contributed by atoms with van der Waals surface area (Å²) >= 11 is 1.52. The second kappa shape index (κ2) is 8.31. The fourth-order valence-electron chi connectivity index (χ4n) is 3.66. The minimum absolute atomic E-state index is 0.240. The summed E-state index contributed by atoms with van der Waals surface area (Å²) in [6.07, 6.45) is 0.353. The summed E-state index contributed by atoms with van der Waals surface area (Å²) in [6, 6.07) is 13.4. The van der Waals surface area contributed by atoms with E-state index in [0.717, 1.165) is 14.8 Å². The fraction of sp³-hybridized carbons (Fsp3) is 0.217. The monoisotopic (exact) mass is 435 g/mol. The summed E-state index contributed by atoms with van der Waals surface area (Å²) in [5.74, 6) is -0.979. The highest BCUT2D eigenvalue weighted by Crippen LogP contribution is 2.33. The van der Waals surface area contributed by atoms with Gasteiger partial charge in [0.05, 0.1) is 34.1 Å². The van der Waals surface area contributed by atoms with Crippen molar-refractivity contribution in [3.63, 3.8) is 0 Å². The SMILES string of the molecule is CC[C@H](C(=O)Nc1ccccc1C(=O)OC)n1nc(C)c2sc3ccccc3c2c1=O. The fourth-order valence-corrected chi connectivity index (χ4v) is 4.79. The zero-order valence-corrected chi connectivity index (χ0v) is 18.2. The number of hydrogen-bond acceptors (Lipinski definition) is 6. The molecule has 0 saturated heterocycles. The van der Waals surface area contributed by atoms with Crippen molar-refractivity contribution in [2.75, 3.05) is 12.4 Å². The molecule has 1 amide bonds. The van der Waals surface area contributed by atoms with Crippen molar-refractivity contribution in [2.24, 2.45) is 0 Å². The van der Waals surface area contributed by atoms with Crippen molar-refractivity contribution < 1.29 is 14.3 Å². The van der Waals surface area contributed by atoms with Gasteiger partial charge in [0.15, 0.2) is 0 Å². The van der Waals surface area contributed by atoms with Crippen molar-refractivity contribution in [2.45, 2.75) is 26.3 Å². The number of benzene rings is 2. The molecule has 0 spiro atoms. The van der Waals surface area contributed by atoms with E-state index in [2.05, 4.69) is 10.4 Å². The zero-order chi connectivity index (χ0) is 22.1. The highest BCUT2D eigenvalue weighted by atomic mass is 32.1. The number of para-hydroxylation sites is 1. The normalized spacial score (nSPS) is 12.1. The number of nitrogens with zero attached hydrogens (tertiary/aromatic N) is 2. The molecule has 2 heterocycles. The van der Waals surface area contributed by atoms with Crippen molar-refractivity contribution in [1.82, 2.24) is 9.78 Å². The van der Waals surface area contributed by atoms with E-state index in [1.54, 1.807) is 24.3 Å². The number of ether oxygens (including phenoxy) is 1. The van der Waals surface area contributed by atoms with E-state index in [0.29, 0.717) is 23.2 Å². The first-order chi connectivity index (χ1) is 15.0. The van der Waals surface area contributed by atoms with Gasteiger partial charge in [-0.05, 0) is 31.5 Å². The van der Waals surface area contributed by atoms with Crippen LogP contribution >= 0.6 is 11.3 Å². The van der Waals surface area contributed by atoms with Gasteiger partial charge in [0.2, 0.25) is 5.91 Å². The molecule has 1 atom stereocenters. The molecule has 0 aliphatic rings. The third kappa shape index (κ3) is 3.59. The van der Waals surface area contributed by atoms with Crippen molar-refractivity contribution in [3.8, 4) is 0 Å². The number of anilines is 1. The molecule has 0 unspecified atom stereocenters. The van der Waals surface area contributed by atoms with Crippen LogP contribution in [0.15, 0.2) is 53.3 Å². The van der Waals surface area contributed by atoms with Crippen LogP contribution in [-0.2, 0) is 9.53 Å². The number of thiophene rings is 1. The summed E-state index contributed by atoms with van der Waals surface area (Å²) in [4.78, 5) is 38.6. The minimum Gasteiger partial charge on any atom is -0.465 e. The van der Waals surface area contributed by atoms with E-state index in [1.165, 1.54) is 23.1 Å². The number of aryl methyl sites for hydroxylation is 1. The summed E-state index contributed by atoms with van der Waals surface area (Å²) in [5, 5.41) is 8.67. The molecular weight excluding hydrogens is 414 g/mol. The van der Waals surface area contributed by atoms with Crippen LogP contribution in [0.2, 0.25) is 0 Å². The first-order valence-electron chi connectivity index (χ1n) is 9.85. The maximum absolute atomic E-state index is 13.4. The molecule has 0 aliphatic heterocycles. The number of fused-ring (bicyclic) bond motifs is 3. The summed E-state index contributed by atoms with van der Waals surface area (Å²) in [5.41, 5.74) is 0.951. The second-order valence-corrected chi connectivity index (χ2v) is 8.14. The molecule has 0 saturated carbocycles. The number of amides is 1. The molecule has 0 fully saturated rings. The standard InChI is InChI=1S/C23H21N3O4S/c1-4-17(21(27)24-16-11-7-5-9-14(16)23(29)30-3)26-22(28)19-15-10-6-8-12-18(15)31-20(19)13(2)25-26/h5-12,17H,4H2,1-3H3,(H,24,27)/t17-/m1/s1. The van der Waals surface area contributed by atoms with Crippen molar-refractivity contribution in [1.29, 1.82) is 0 Å². The van der Waals surface area contributed by atoms with Crippen LogP contribution in [0.1, 0.15) is 35.4 Å². The number of rotatable bonds is 5. The molecule has 0 bridgehead atoms. The second-order valence-electron chi connectivity index (χ2n) is 7.09. The quantitative estimate of drug-likeness (QED) is 0.472. The molecule has 2 aromatic heterocycles. The van der Waals surface area contributed by atoms with Gasteiger partial charge in [-0.3, -0.25) is 9.59 Å². The van der Waals surface area contributed by atoms with Gasteiger partial charge in [0.25, 0.3) is 5.56 Å². The highest BCUT2D eigenvalue weighted by Gasteiger charge is 2.25. The van der Waals surface area contributed by atoms with E-state index in [1.807, 2.05) is 38.1 Å². The van der Waals surface area contributed by atoms with Crippen LogP contribution in [0, 0.1) is 6.92 Å². The Balaban J connectivity index is 1.79. The zero-order valence-electron chi connectivity index (χ0n) is 17.3. The van der Waals surface area contributed by atoms with Crippen molar-refractivity contribution in [3.05, 3.63) is 70.1 Å². The molecule has 4 rings (SSSR count). The number of carbonyl (C=O) groups excluding carboxylic acids is 2. The van der Waals surface area contributed by atoms with E-state index in [9.17, 15) is 14.4 Å². The Morgan fingerprint density at radius 1 is 1.16 bits per heavy atom. The lowest BCUT2D eigenvalue weighted by atomic mass is 10.1. The van der Waals surface area contributed by atoms with Gasteiger partial charge >= 0.3 is 5.97 Å². The Kier molecular flexibility index (Phi) is 5.56. The van der Waals surface area contributed by atoms with E-state index in [4.69, 9.17) is 4.74 Å². The van der Waals surface area contributed by atoms with E-state index >= 15 is 0 Å².